The first kappa shape index (κ1) is 12.8. The first-order valence-electron chi connectivity index (χ1n) is 6.69. The number of nitrogens with zero attached hydrogens (tertiary/aromatic N) is 1. The Morgan fingerprint density at radius 1 is 1.41 bits per heavy atom. The fourth-order valence-corrected chi connectivity index (χ4v) is 3.03. The molecule has 0 aromatic rings. The Hall–Kier alpha value is -0.640. The average molecular weight is 254 g/mol. The van der Waals surface area contributed by atoms with Crippen LogP contribution in [-0.2, 0) is 4.79 Å². The number of thiocarbonyl (C=S) groups is 1. The molecule has 0 heterocycles. The summed E-state index contributed by atoms with van der Waals surface area (Å²) in [6.07, 6.45) is 6.62. The Balaban J connectivity index is 2.02. The Morgan fingerprint density at radius 2 is 2.06 bits per heavy atom. The number of nitrogens with two attached hydrogens (primary N) is 1. The van der Waals surface area contributed by atoms with Crippen LogP contribution in [0.25, 0.3) is 0 Å². The fraction of sp³-hybridized carbons (Fsp3) is 0.846. The van der Waals surface area contributed by atoms with Gasteiger partial charge in [-0.15, -0.1) is 0 Å². The SMILES string of the molecule is CCN(CC1CCC1)C(=O)C1(C(N)=S)CCC1. The van der Waals surface area contributed by atoms with Crippen molar-refractivity contribution in [2.24, 2.45) is 17.1 Å². The maximum Gasteiger partial charge on any atom is 0.235 e. The van der Waals surface area contributed by atoms with E-state index < -0.39 is 5.41 Å². The quantitative estimate of drug-likeness (QED) is 0.764. The minimum atomic E-state index is -0.491. The number of rotatable bonds is 5. The van der Waals surface area contributed by atoms with Crippen LogP contribution in [0, 0.1) is 11.3 Å². The molecule has 17 heavy (non-hydrogen) atoms. The third kappa shape index (κ3) is 2.19. The third-order valence-corrected chi connectivity index (χ3v) is 4.85. The van der Waals surface area contributed by atoms with Crippen molar-refractivity contribution in [3.63, 3.8) is 0 Å². The highest BCUT2D eigenvalue weighted by molar-refractivity contribution is 7.80. The van der Waals surface area contributed by atoms with Gasteiger partial charge in [0, 0.05) is 13.1 Å². The van der Waals surface area contributed by atoms with E-state index in [4.69, 9.17) is 18.0 Å². The average Bonchev–Trinajstić information content (AvgIpc) is 2.13. The molecule has 0 aromatic carbocycles. The van der Waals surface area contributed by atoms with Crippen LogP contribution in [0.2, 0.25) is 0 Å². The molecule has 2 saturated carbocycles. The van der Waals surface area contributed by atoms with Gasteiger partial charge in [0.25, 0.3) is 0 Å². The Labute approximate surface area is 109 Å². The number of amides is 1. The number of hydrogen-bond acceptors (Lipinski definition) is 2. The molecule has 4 heteroatoms. The van der Waals surface area contributed by atoms with Crippen molar-refractivity contribution in [3.05, 3.63) is 0 Å². The van der Waals surface area contributed by atoms with Crippen molar-refractivity contribution in [2.75, 3.05) is 13.1 Å². The molecule has 0 atom stereocenters. The lowest BCUT2D eigenvalue weighted by Gasteiger charge is -2.44. The summed E-state index contributed by atoms with van der Waals surface area (Å²) in [6.45, 7) is 3.72. The van der Waals surface area contributed by atoms with Gasteiger partial charge in [-0.1, -0.05) is 25.1 Å². The summed E-state index contributed by atoms with van der Waals surface area (Å²) in [5, 5.41) is 0. The van der Waals surface area contributed by atoms with Gasteiger partial charge < -0.3 is 10.6 Å². The van der Waals surface area contributed by atoms with Crippen LogP contribution < -0.4 is 5.73 Å². The van der Waals surface area contributed by atoms with E-state index in [1.165, 1.54) is 19.3 Å². The molecule has 0 aromatic heterocycles. The van der Waals surface area contributed by atoms with Crippen LogP contribution >= 0.6 is 12.2 Å². The molecule has 3 nitrogen and oxygen atoms in total. The summed E-state index contributed by atoms with van der Waals surface area (Å²) in [6, 6.07) is 0. The van der Waals surface area contributed by atoms with Crippen LogP contribution in [0.1, 0.15) is 45.4 Å². The summed E-state index contributed by atoms with van der Waals surface area (Å²) >= 11 is 5.11. The molecule has 0 radical (unpaired) electrons. The van der Waals surface area contributed by atoms with Gasteiger partial charge in [0.15, 0.2) is 0 Å². The van der Waals surface area contributed by atoms with Crippen molar-refractivity contribution >= 4 is 23.1 Å². The molecule has 2 rings (SSSR count). The monoisotopic (exact) mass is 254 g/mol. The van der Waals surface area contributed by atoms with Crippen LogP contribution in [0.3, 0.4) is 0 Å². The van der Waals surface area contributed by atoms with E-state index >= 15 is 0 Å². The molecular formula is C13H22N2OS. The predicted octanol–water partition coefficient (Wildman–Crippen LogP) is 2.09. The summed E-state index contributed by atoms with van der Waals surface area (Å²) in [5.41, 5.74) is 5.30. The summed E-state index contributed by atoms with van der Waals surface area (Å²) in [7, 11) is 0. The number of hydrogen-bond donors (Lipinski definition) is 1. The topological polar surface area (TPSA) is 46.3 Å². The molecule has 0 spiro atoms. The molecule has 0 unspecified atom stereocenters. The van der Waals surface area contributed by atoms with Gasteiger partial charge in [-0.3, -0.25) is 4.79 Å². The van der Waals surface area contributed by atoms with Crippen molar-refractivity contribution in [1.82, 2.24) is 4.90 Å². The maximum absolute atomic E-state index is 12.6. The maximum atomic E-state index is 12.6. The van der Waals surface area contributed by atoms with E-state index in [2.05, 4.69) is 0 Å². The molecule has 0 aliphatic heterocycles. The van der Waals surface area contributed by atoms with E-state index in [0.717, 1.165) is 32.4 Å². The van der Waals surface area contributed by atoms with E-state index in [9.17, 15) is 4.79 Å². The van der Waals surface area contributed by atoms with Crippen molar-refractivity contribution in [2.45, 2.75) is 45.4 Å². The largest absolute Gasteiger partial charge is 0.392 e. The Bertz CT molecular complexity index is 321. The summed E-state index contributed by atoms with van der Waals surface area (Å²) in [4.78, 5) is 14.9. The zero-order valence-corrected chi connectivity index (χ0v) is 11.4. The Kier molecular flexibility index (Phi) is 3.71. The van der Waals surface area contributed by atoms with E-state index in [1.54, 1.807) is 0 Å². The van der Waals surface area contributed by atoms with Crippen LogP contribution in [0.4, 0.5) is 0 Å². The zero-order chi connectivity index (χ0) is 12.5. The highest BCUT2D eigenvalue weighted by Gasteiger charge is 2.48. The molecule has 2 N–H and O–H groups in total. The molecule has 0 saturated heterocycles. The third-order valence-electron chi connectivity index (χ3n) is 4.46. The predicted molar refractivity (Wildman–Crippen MR) is 72.7 cm³/mol. The van der Waals surface area contributed by atoms with Crippen molar-refractivity contribution < 1.29 is 4.79 Å². The van der Waals surface area contributed by atoms with Gasteiger partial charge in [-0.05, 0) is 38.5 Å². The molecular weight excluding hydrogens is 232 g/mol. The van der Waals surface area contributed by atoms with Gasteiger partial charge in [0.1, 0.15) is 0 Å². The number of carbonyl (C=O) groups is 1. The number of carbonyl (C=O) groups excluding carboxylic acids is 1. The zero-order valence-electron chi connectivity index (χ0n) is 10.6. The standard InChI is InChI=1S/C13H22N2OS/c1-2-15(9-10-5-3-6-10)12(16)13(11(14)17)7-4-8-13/h10H,2-9H2,1H3,(H2,14,17). The van der Waals surface area contributed by atoms with Crippen LogP contribution in [-0.4, -0.2) is 28.9 Å². The van der Waals surface area contributed by atoms with Gasteiger partial charge >= 0.3 is 0 Å². The molecule has 1 amide bonds. The molecule has 0 bridgehead atoms. The first-order valence-corrected chi connectivity index (χ1v) is 7.10. The van der Waals surface area contributed by atoms with E-state index in [1.807, 2.05) is 11.8 Å². The normalized spacial score (nSPS) is 22.4. The van der Waals surface area contributed by atoms with Crippen molar-refractivity contribution in [1.29, 1.82) is 0 Å². The van der Waals surface area contributed by atoms with E-state index in [0.29, 0.717) is 10.9 Å². The fourth-order valence-electron chi connectivity index (χ4n) is 2.74. The van der Waals surface area contributed by atoms with Crippen LogP contribution in [0.5, 0.6) is 0 Å². The Morgan fingerprint density at radius 3 is 2.35 bits per heavy atom. The smallest absolute Gasteiger partial charge is 0.235 e. The minimum absolute atomic E-state index is 0.186. The summed E-state index contributed by atoms with van der Waals surface area (Å²) < 4.78 is 0. The van der Waals surface area contributed by atoms with Gasteiger partial charge in [-0.2, -0.15) is 0 Å². The summed E-state index contributed by atoms with van der Waals surface area (Å²) in [5.74, 6) is 0.896. The lowest BCUT2D eigenvalue weighted by Crippen LogP contribution is -2.55. The molecule has 2 aliphatic rings. The van der Waals surface area contributed by atoms with Crippen LogP contribution in [0.15, 0.2) is 0 Å². The van der Waals surface area contributed by atoms with E-state index in [-0.39, 0.29) is 5.91 Å². The second-order valence-corrected chi connectivity index (χ2v) is 5.88. The minimum Gasteiger partial charge on any atom is -0.392 e. The highest BCUT2D eigenvalue weighted by Crippen LogP contribution is 2.43. The van der Waals surface area contributed by atoms with Gasteiger partial charge in [-0.25, -0.2) is 0 Å². The lowest BCUT2D eigenvalue weighted by molar-refractivity contribution is -0.142. The second kappa shape index (κ2) is 4.92. The highest BCUT2D eigenvalue weighted by atomic mass is 32.1. The molecule has 96 valence electrons. The lowest BCUT2D eigenvalue weighted by atomic mass is 9.67. The van der Waals surface area contributed by atoms with Gasteiger partial charge in [0.2, 0.25) is 5.91 Å². The van der Waals surface area contributed by atoms with Crippen molar-refractivity contribution in [3.8, 4) is 0 Å². The molecule has 2 fully saturated rings. The second-order valence-electron chi connectivity index (χ2n) is 5.44. The van der Waals surface area contributed by atoms with Gasteiger partial charge in [0.05, 0.1) is 10.4 Å². The molecule has 2 aliphatic carbocycles. The first-order chi connectivity index (χ1) is 8.10.